The van der Waals surface area contributed by atoms with E-state index in [-0.39, 0.29) is 35.1 Å². The van der Waals surface area contributed by atoms with Crippen LogP contribution in [0.5, 0.6) is 0 Å². The molecule has 0 fully saturated rings. The van der Waals surface area contributed by atoms with E-state index in [0.29, 0.717) is 6.07 Å². The number of anilines is 1. The number of oxime groups is 1. The van der Waals surface area contributed by atoms with Gasteiger partial charge >= 0.3 is 6.18 Å². The lowest BCUT2D eigenvalue weighted by Gasteiger charge is -2.14. The minimum atomic E-state index is -4.95. The summed E-state index contributed by atoms with van der Waals surface area (Å²) in [4.78, 5) is 36.0. The second-order valence-electron chi connectivity index (χ2n) is 7.98. The van der Waals surface area contributed by atoms with Crippen molar-refractivity contribution < 1.29 is 32.0 Å². The third kappa shape index (κ3) is 4.36. The molecule has 38 heavy (non-hydrogen) atoms. The molecule has 0 saturated carbocycles. The van der Waals surface area contributed by atoms with Gasteiger partial charge in [-0.3, -0.25) is 9.59 Å². The van der Waals surface area contributed by atoms with Gasteiger partial charge in [-0.25, -0.2) is 19.0 Å². The van der Waals surface area contributed by atoms with Crippen molar-refractivity contribution in [2.45, 2.75) is 12.8 Å². The minimum absolute atomic E-state index is 0.0444. The number of nitrogens with zero attached hydrogens (tertiary/aromatic N) is 7. The van der Waals surface area contributed by atoms with Gasteiger partial charge in [-0.1, -0.05) is 29.4 Å². The molecule has 0 radical (unpaired) electrons. The monoisotopic (exact) mass is 525 g/mol. The van der Waals surface area contributed by atoms with E-state index >= 15 is 0 Å². The summed E-state index contributed by atoms with van der Waals surface area (Å²) >= 11 is 0. The fraction of sp³-hybridized carbons (Fsp3) is 0.125. The molecule has 192 valence electrons. The summed E-state index contributed by atoms with van der Waals surface area (Å²) in [5.74, 6) is -2.76. The van der Waals surface area contributed by atoms with Crippen LogP contribution in [0.4, 0.5) is 23.4 Å². The Morgan fingerprint density at radius 3 is 2.29 bits per heavy atom. The van der Waals surface area contributed by atoms with Gasteiger partial charge in [0, 0.05) is 12.6 Å². The summed E-state index contributed by atoms with van der Waals surface area (Å²) in [5.41, 5.74) is -1.70. The highest BCUT2D eigenvalue weighted by molar-refractivity contribution is 6.34. The molecule has 0 aliphatic carbocycles. The van der Waals surface area contributed by atoms with Crippen molar-refractivity contribution in [2.75, 3.05) is 4.90 Å². The van der Waals surface area contributed by atoms with E-state index in [1.165, 1.54) is 37.4 Å². The van der Waals surface area contributed by atoms with E-state index in [0.717, 1.165) is 21.7 Å². The highest BCUT2D eigenvalue weighted by atomic mass is 19.4. The predicted molar refractivity (Wildman–Crippen MR) is 122 cm³/mol. The van der Waals surface area contributed by atoms with Gasteiger partial charge in [-0.05, 0) is 46.8 Å². The van der Waals surface area contributed by atoms with Crippen LogP contribution in [0.1, 0.15) is 43.4 Å². The molecule has 0 bridgehead atoms. The molecule has 0 spiro atoms. The maximum Gasteiger partial charge on any atom is 0.419 e. The molecule has 0 N–H and O–H groups in total. The van der Waals surface area contributed by atoms with Gasteiger partial charge in [-0.15, -0.1) is 5.10 Å². The Labute approximate surface area is 211 Å². The number of benzene rings is 2. The first-order valence-corrected chi connectivity index (χ1v) is 10.9. The van der Waals surface area contributed by atoms with Crippen molar-refractivity contribution in [2.24, 2.45) is 12.2 Å². The molecule has 1 aliphatic heterocycles. The molecule has 5 rings (SSSR count). The Morgan fingerprint density at radius 2 is 1.66 bits per heavy atom. The molecule has 0 atom stereocenters. The lowest BCUT2D eigenvalue weighted by Crippen LogP contribution is -2.30. The number of halogens is 4. The van der Waals surface area contributed by atoms with Crippen LogP contribution in [0.15, 0.2) is 65.8 Å². The number of aryl methyl sites for hydroxylation is 1. The van der Waals surface area contributed by atoms with Gasteiger partial charge in [0.25, 0.3) is 11.8 Å². The summed E-state index contributed by atoms with van der Waals surface area (Å²) < 4.78 is 55.8. The van der Waals surface area contributed by atoms with Crippen molar-refractivity contribution in [1.82, 2.24) is 25.2 Å². The minimum Gasteiger partial charge on any atom is -0.389 e. The molecule has 3 heterocycles. The van der Waals surface area contributed by atoms with Crippen LogP contribution in [0.2, 0.25) is 0 Å². The number of hydrogen-bond acceptors (Lipinski definition) is 8. The van der Waals surface area contributed by atoms with Crippen LogP contribution in [-0.4, -0.2) is 42.7 Å². The fourth-order valence-corrected chi connectivity index (χ4v) is 3.81. The SMILES string of the molecule is Cn1nnnc1C(=NOCc1cccc(N2C(=O)c3ccccc3C2=O)n1)c1cccc(C(F)(F)F)c1F. The number of fused-ring (bicyclic) bond motifs is 1. The molecule has 14 heteroatoms. The number of carbonyl (C=O) groups is 2. The number of alkyl halides is 3. The predicted octanol–water partition coefficient (Wildman–Crippen LogP) is 3.53. The molecule has 0 saturated heterocycles. The van der Waals surface area contributed by atoms with Gasteiger partial charge in [0.15, 0.2) is 12.3 Å². The van der Waals surface area contributed by atoms with Gasteiger partial charge < -0.3 is 4.84 Å². The summed E-state index contributed by atoms with van der Waals surface area (Å²) in [6.45, 7) is -0.341. The van der Waals surface area contributed by atoms with Crippen LogP contribution in [0, 0.1) is 5.82 Å². The summed E-state index contributed by atoms with van der Waals surface area (Å²) in [5, 5.41) is 14.6. The highest BCUT2D eigenvalue weighted by Crippen LogP contribution is 2.33. The van der Waals surface area contributed by atoms with Crippen LogP contribution < -0.4 is 4.90 Å². The van der Waals surface area contributed by atoms with Crippen molar-refractivity contribution in [3.8, 4) is 0 Å². The lowest BCUT2D eigenvalue weighted by atomic mass is 10.0. The van der Waals surface area contributed by atoms with E-state index in [2.05, 4.69) is 25.7 Å². The number of imide groups is 1. The van der Waals surface area contributed by atoms with Crippen LogP contribution >= 0.6 is 0 Å². The van der Waals surface area contributed by atoms with E-state index in [9.17, 15) is 27.2 Å². The Bertz CT molecular complexity index is 1560. The maximum absolute atomic E-state index is 14.9. The summed E-state index contributed by atoms with van der Waals surface area (Å²) in [7, 11) is 1.39. The maximum atomic E-state index is 14.9. The molecule has 2 aromatic carbocycles. The highest BCUT2D eigenvalue weighted by Gasteiger charge is 2.37. The van der Waals surface area contributed by atoms with Crippen molar-refractivity contribution in [1.29, 1.82) is 0 Å². The molecule has 0 unspecified atom stereocenters. The van der Waals surface area contributed by atoms with Crippen LogP contribution in [-0.2, 0) is 24.7 Å². The Balaban J connectivity index is 1.44. The number of tetrazole rings is 1. The zero-order chi connectivity index (χ0) is 27.0. The topological polar surface area (TPSA) is 115 Å². The fourth-order valence-electron chi connectivity index (χ4n) is 3.81. The smallest absolute Gasteiger partial charge is 0.389 e. The summed E-state index contributed by atoms with van der Waals surface area (Å²) in [6, 6.07) is 13.6. The number of carbonyl (C=O) groups excluding carboxylic acids is 2. The van der Waals surface area contributed by atoms with Gasteiger partial charge in [0.05, 0.1) is 22.4 Å². The van der Waals surface area contributed by atoms with E-state index < -0.39 is 40.6 Å². The van der Waals surface area contributed by atoms with Gasteiger partial charge in [0.1, 0.15) is 11.6 Å². The first kappa shape index (κ1) is 24.7. The zero-order valence-corrected chi connectivity index (χ0v) is 19.3. The number of rotatable bonds is 6. The Kier molecular flexibility index (Phi) is 6.14. The standard InChI is InChI=1S/C24H15F4N7O3/c1-34-21(30-32-33-34)20(16-9-5-10-17(19(16)25)24(26,27)28)31-38-12-13-6-4-11-18(29-13)35-22(36)14-7-2-3-8-15(14)23(35)37/h2-11H,12H2,1H3. The average molecular weight is 525 g/mol. The zero-order valence-electron chi connectivity index (χ0n) is 19.3. The molecule has 2 aromatic heterocycles. The average Bonchev–Trinajstić information content (AvgIpc) is 3.42. The normalized spacial score (nSPS) is 13.7. The van der Waals surface area contributed by atoms with Crippen molar-refractivity contribution in [3.63, 3.8) is 0 Å². The largest absolute Gasteiger partial charge is 0.419 e. The molecular weight excluding hydrogens is 510 g/mol. The van der Waals surface area contributed by atoms with E-state index in [1.807, 2.05) is 0 Å². The van der Waals surface area contributed by atoms with Crippen molar-refractivity contribution >= 4 is 23.3 Å². The lowest BCUT2D eigenvalue weighted by molar-refractivity contribution is -0.140. The second-order valence-corrected chi connectivity index (χ2v) is 7.98. The molecule has 10 nitrogen and oxygen atoms in total. The number of hydrogen-bond donors (Lipinski definition) is 0. The van der Waals surface area contributed by atoms with Gasteiger partial charge in [0.2, 0.25) is 5.82 Å². The number of aromatic nitrogens is 5. The molecule has 4 aromatic rings. The van der Waals surface area contributed by atoms with Gasteiger partial charge in [-0.2, -0.15) is 13.2 Å². The Hall–Kier alpha value is -5.01. The quantitative estimate of drug-likeness (QED) is 0.164. The summed E-state index contributed by atoms with van der Waals surface area (Å²) in [6.07, 6.45) is -4.95. The first-order chi connectivity index (χ1) is 18.2. The third-order valence-corrected chi connectivity index (χ3v) is 5.57. The second kappa shape index (κ2) is 9.46. The molecule has 1 aliphatic rings. The number of pyridine rings is 1. The third-order valence-electron chi connectivity index (χ3n) is 5.57. The Morgan fingerprint density at radius 1 is 0.974 bits per heavy atom. The van der Waals surface area contributed by atoms with E-state index in [4.69, 9.17) is 4.84 Å². The molecular formula is C24H15F4N7O3. The first-order valence-electron chi connectivity index (χ1n) is 10.9. The van der Waals surface area contributed by atoms with Crippen LogP contribution in [0.25, 0.3) is 0 Å². The van der Waals surface area contributed by atoms with Crippen molar-refractivity contribution in [3.05, 3.63) is 100 Å². The van der Waals surface area contributed by atoms with Crippen LogP contribution in [0.3, 0.4) is 0 Å². The number of amides is 2. The van der Waals surface area contributed by atoms with E-state index in [1.54, 1.807) is 12.1 Å². The molecule has 2 amide bonds.